The Hall–Kier alpha value is -1.07. The van der Waals surface area contributed by atoms with Crippen molar-refractivity contribution in [3.8, 4) is 0 Å². The van der Waals surface area contributed by atoms with Crippen LogP contribution in [0.15, 0.2) is 22.7 Å². The lowest BCUT2D eigenvalue weighted by Gasteiger charge is -2.25. The third-order valence-electron chi connectivity index (χ3n) is 3.79. The highest BCUT2D eigenvalue weighted by atomic mass is 79.9. The number of anilines is 1. The second-order valence-corrected chi connectivity index (χ2v) is 5.89. The minimum Gasteiger partial charge on any atom is -0.384 e. The van der Waals surface area contributed by atoms with E-state index >= 15 is 0 Å². The van der Waals surface area contributed by atoms with Crippen molar-refractivity contribution in [3.05, 3.63) is 28.2 Å². The van der Waals surface area contributed by atoms with E-state index in [1.165, 1.54) is 5.69 Å². The molecule has 0 amide bonds. The Labute approximate surface area is 136 Å². The molecule has 1 aromatic carbocycles. The molecule has 0 radical (unpaired) electrons. The zero-order valence-corrected chi connectivity index (χ0v) is 14.9. The van der Waals surface area contributed by atoms with Gasteiger partial charge in [-0.05, 0) is 67.1 Å². The summed E-state index contributed by atoms with van der Waals surface area (Å²) in [5, 5.41) is 7.53. The van der Waals surface area contributed by atoms with Crippen LogP contribution in [0.2, 0.25) is 0 Å². The molecule has 0 aliphatic rings. The largest absolute Gasteiger partial charge is 0.384 e. The number of rotatable bonds is 9. The zero-order chi connectivity index (χ0) is 15.8. The number of halogens is 1. The van der Waals surface area contributed by atoms with Crippen molar-refractivity contribution in [1.82, 2.24) is 4.90 Å². The molecule has 0 fully saturated rings. The number of nitrogens with two attached hydrogens (primary N) is 1. The van der Waals surface area contributed by atoms with Gasteiger partial charge in [0.1, 0.15) is 5.84 Å². The summed E-state index contributed by atoms with van der Waals surface area (Å²) >= 11 is 3.50. The molecule has 0 saturated carbocycles. The summed E-state index contributed by atoms with van der Waals surface area (Å²) in [6.45, 7) is 12.0. The Morgan fingerprint density at radius 2 is 1.81 bits per heavy atom. The molecule has 0 unspecified atom stereocenters. The number of hydrogen-bond acceptors (Lipinski definition) is 3. The maximum Gasteiger partial charge on any atom is 0.123 e. The summed E-state index contributed by atoms with van der Waals surface area (Å²) in [6.07, 6.45) is 1.15. The van der Waals surface area contributed by atoms with Gasteiger partial charge in [0, 0.05) is 28.8 Å². The maximum atomic E-state index is 7.53. The lowest BCUT2D eigenvalue weighted by molar-refractivity contribution is 0.301. The predicted octanol–water partition coefficient (Wildman–Crippen LogP) is 3.29. The molecule has 0 aliphatic heterocycles. The van der Waals surface area contributed by atoms with Crippen molar-refractivity contribution in [3.63, 3.8) is 0 Å². The summed E-state index contributed by atoms with van der Waals surface area (Å²) in [6, 6.07) is 6.01. The molecule has 4 nitrogen and oxygen atoms in total. The Bertz CT molecular complexity index is 458. The minimum atomic E-state index is 0.0954. The summed E-state index contributed by atoms with van der Waals surface area (Å²) in [7, 11) is 0. The van der Waals surface area contributed by atoms with Crippen molar-refractivity contribution in [2.45, 2.75) is 27.2 Å². The molecule has 0 aromatic heterocycles. The highest BCUT2D eigenvalue weighted by molar-refractivity contribution is 9.10. The van der Waals surface area contributed by atoms with E-state index in [-0.39, 0.29) is 5.84 Å². The maximum absolute atomic E-state index is 7.53. The molecular formula is C16H27BrN4. The number of nitrogen functional groups attached to an aromatic ring is 1. The number of nitrogens with one attached hydrogen (secondary N) is 1. The highest BCUT2D eigenvalue weighted by Gasteiger charge is 2.09. The van der Waals surface area contributed by atoms with Crippen molar-refractivity contribution >= 4 is 27.5 Å². The molecular weight excluding hydrogens is 328 g/mol. The van der Waals surface area contributed by atoms with Crippen LogP contribution in [-0.4, -0.2) is 43.5 Å². The first-order valence-corrected chi connectivity index (χ1v) is 8.43. The second kappa shape index (κ2) is 9.05. The second-order valence-electron chi connectivity index (χ2n) is 5.04. The van der Waals surface area contributed by atoms with E-state index in [0.29, 0.717) is 0 Å². The van der Waals surface area contributed by atoms with Crippen molar-refractivity contribution in [2.75, 3.05) is 37.6 Å². The number of amidine groups is 1. The first-order valence-electron chi connectivity index (χ1n) is 7.64. The van der Waals surface area contributed by atoms with Gasteiger partial charge >= 0.3 is 0 Å². The van der Waals surface area contributed by atoms with Gasteiger partial charge < -0.3 is 15.5 Å². The fourth-order valence-corrected chi connectivity index (χ4v) is 2.99. The Morgan fingerprint density at radius 1 is 1.14 bits per heavy atom. The van der Waals surface area contributed by atoms with Crippen molar-refractivity contribution < 1.29 is 0 Å². The van der Waals surface area contributed by atoms with E-state index in [1.54, 1.807) is 0 Å². The Morgan fingerprint density at radius 3 is 2.29 bits per heavy atom. The molecule has 1 aromatic rings. The molecule has 21 heavy (non-hydrogen) atoms. The van der Waals surface area contributed by atoms with Gasteiger partial charge in [-0.3, -0.25) is 5.41 Å². The van der Waals surface area contributed by atoms with E-state index in [2.05, 4.69) is 52.6 Å². The van der Waals surface area contributed by atoms with E-state index in [1.807, 2.05) is 12.1 Å². The highest BCUT2D eigenvalue weighted by Crippen LogP contribution is 2.24. The van der Waals surface area contributed by atoms with Crippen molar-refractivity contribution in [1.29, 1.82) is 5.41 Å². The van der Waals surface area contributed by atoms with Crippen LogP contribution < -0.4 is 10.6 Å². The van der Waals surface area contributed by atoms with Gasteiger partial charge in [0.2, 0.25) is 0 Å². The minimum absolute atomic E-state index is 0.0954. The van der Waals surface area contributed by atoms with Crippen LogP contribution in [0.5, 0.6) is 0 Å². The van der Waals surface area contributed by atoms with E-state index in [0.717, 1.165) is 49.2 Å². The average molecular weight is 355 g/mol. The van der Waals surface area contributed by atoms with Crippen LogP contribution in [0.1, 0.15) is 32.8 Å². The van der Waals surface area contributed by atoms with Gasteiger partial charge in [-0.15, -0.1) is 0 Å². The third-order valence-corrected chi connectivity index (χ3v) is 4.44. The molecule has 0 atom stereocenters. The van der Waals surface area contributed by atoms with Crippen LogP contribution in [0.4, 0.5) is 5.69 Å². The van der Waals surface area contributed by atoms with Gasteiger partial charge in [0.25, 0.3) is 0 Å². The molecule has 5 heteroatoms. The van der Waals surface area contributed by atoms with Crippen LogP contribution in [0, 0.1) is 5.41 Å². The van der Waals surface area contributed by atoms with Crippen LogP contribution >= 0.6 is 15.9 Å². The van der Waals surface area contributed by atoms with E-state index in [4.69, 9.17) is 11.1 Å². The van der Waals surface area contributed by atoms with Crippen LogP contribution in [0.25, 0.3) is 0 Å². The smallest absolute Gasteiger partial charge is 0.123 e. The Balaban J connectivity index is 2.68. The van der Waals surface area contributed by atoms with E-state index < -0.39 is 0 Å². The van der Waals surface area contributed by atoms with Crippen molar-refractivity contribution in [2.24, 2.45) is 5.73 Å². The number of hydrogen-bond donors (Lipinski definition) is 2. The van der Waals surface area contributed by atoms with Gasteiger partial charge in [0.05, 0.1) is 0 Å². The van der Waals surface area contributed by atoms with Gasteiger partial charge in [-0.25, -0.2) is 0 Å². The van der Waals surface area contributed by atoms with Gasteiger partial charge in [-0.1, -0.05) is 13.8 Å². The summed E-state index contributed by atoms with van der Waals surface area (Å²) in [5.41, 5.74) is 7.47. The fraction of sp³-hybridized carbons (Fsp3) is 0.562. The van der Waals surface area contributed by atoms with Gasteiger partial charge in [-0.2, -0.15) is 0 Å². The summed E-state index contributed by atoms with van der Waals surface area (Å²) in [5.74, 6) is 0.0954. The molecule has 0 bridgehead atoms. The quantitative estimate of drug-likeness (QED) is 0.528. The molecule has 0 aliphatic carbocycles. The first kappa shape index (κ1) is 18.0. The average Bonchev–Trinajstić information content (AvgIpc) is 2.47. The molecule has 0 spiro atoms. The zero-order valence-electron chi connectivity index (χ0n) is 13.3. The predicted molar refractivity (Wildman–Crippen MR) is 95.5 cm³/mol. The lowest BCUT2D eigenvalue weighted by atomic mass is 10.1. The Kier molecular flexibility index (Phi) is 7.75. The monoisotopic (exact) mass is 354 g/mol. The molecule has 118 valence electrons. The normalized spacial score (nSPS) is 10.9. The fourth-order valence-electron chi connectivity index (χ4n) is 2.41. The van der Waals surface area contributed by atoms with Crippen LogP contribution in [0.3, 0.4) is 0 Å². The topological polar surface area (TPSA) is 56.4 Å². The van der Waals surface area contributed by atoms with Crippen LogP contribution in [-0.2, 0) is 0 Å². The standard InChI is InChI=1S/C16H27BrN4/c1-4-20(5-2)10-7-11-21(6-3)13-8-9-14(16(18)19)15(17)12-13/h8-9,12H,4-7,10-11H2,1-3H3,(H3,18,19). The molecule has 0 heterocycles. The number of benzene rings is 1. The summed E-state index contributed by atoms with van der Waals surface area (Å²) in [4.78, 5) is 4.81. The molecule has 3 N–H and O–H groups in total. The van der Waals surface area contributed by atoms with Gasteiger partial charge in [0.15, 0.2) is 0 Å². The molecule has 1 rings (SSSR count). The van der Waals surface area contributed by atoms with E-state index in [9.17, 15) is 0 Å². The first-order chi connectivity index (χ1) is 10.0. The molecule has 0 saturated heterocycles. The third kappa shape index (κ3) is 5.32. The lowest BCUT2D eigenvalue weighted by Crippen LogP contribution is -2.30. The number of nitrogens with zero attached hydrogens (tertiary/aromatic N) is 2. The SMILES string of the molecule is CCN(CC)CCCN(CC)c1ccc(C(=N)N)c(Br)c1. The summed E-state index contributed by atoms with van der Waals surface area (Å²) < 4.78 is 0.884.